The Balaban J connectivity index is 3.15. The molecule has 0 rings (SSSR count). The number of carbonyl (C=O) groups excluding carboxylic acids is 1. The average Bonchev–Trinajstić information content (AvgIpc) is 2.92. The molecule has 0 bridgehead atoms. The first-order chi connectivity index (χ1) is 19.2. The van der Waals surface area contributed by atoms with Gasteiger partial charge < -0.3 is 9.84 Å². The van der Waals surface area contributed by atoms with E-state index in [1.807, 2.05) is 0 Å². The van der Waals surface area contributed by atoms with Crippen LogP contribution in [0.2, 0.25) is 0 Å². The molecule has 0 aliphatic rings. The lowest BCUT2D eigenvalue weighted by atomic mass is 10.0. The van der Waals surface area contributed by atoms with E-state index in [2.05, 4.69) is 6.92 Å². The highest BCUT2D eigenvalue weighted by Gasteiger charge is 2.03. The molecule has 0 radical (unpaired) electrons. The number of carboxylic acids is 1. The van der Waals surface area contributed by atoms with Gasteiger partial charge in [-0.15, -0.1) is 0 Å². The Morgan fingerprint density at radius 1 is 0.410 bits per heavy atom. The Kier molecular flexibility index (Phi) is 32.2. The van der Waals surface area contributed by atoms with Crippen LogP contribution in [0.4, 0.5) is 0 Å². The highest BCUT2D eigenvalue weighted by Crippen LogP contribution is 2.15. The van der Waals surface area contributed by atoms with Gasteiger partial charge in [-0.25, -0.2) is 0 Å². The van der Waals surface area contributed by atoms with E-state index in [1.54, 1.807) is 0 Å². The summed E-state index contributed by atoms with van der Waals surface area (Å²) >= 11 is 0. The van der Waals surface area contributed by atoms with E-state index >= 15 is 0 Å². The summed E-state index contributed by atoms with van der Waals surface area (Å²) in [4.78, 5) is 22.4. The first-order valence-electron chi connectivity index (χ1n) is 17.5. The van der Waals surface area contributed by atoms with Crippen molar-refractivity contribution in [2.75, 3.05) is 6.61 Å². The number of carbonyl (C=O) groups is 2. The van der Waals surface area contributed by atoms with Crippen molar-refractivity contribution in [1.29, 1.82) is 0 Å². The minimum atomic E-state index is -0.664. The van der Waals surface area contributed by atoms with E-state index in [1.165, 1.54) is 161 Å². The van der Waals surface area contributed by atoms with E-state index in [9.17, 15) is 9.59 Å². The molecule has 0 saturated heterocycles. The zero-order valence-corrected chi connectivity index (χ0v) is 26.3. The third-order valence-electron chi connectivity index (χ3n) is 8.03. The van der Waals surface area contributed by atoms with E-state index < -0.39 is 5.97 Å². The van der Waals surface area contributed by atoms with Crippen LogP contribution in [0.1, 0.15) is 206 Å². The molecule has 0 fully saturated rings. The topological polar surface area (TPSA) is 63.6 Å². The lowest BCUT2D eigenvalue weighted by Crippen LogP contribution is -2.05. The molecule has 0 aliphatic heterocycles. The molecule has 0 aromatic heterocycles. The summed E-state index contributed by atoms with van der Waals surface area (Å²) in [6.45, 7) is 2.89. The molecule has 0 aromatic carbocycles. The Morgan fingerprint density at radius 3 is 1.03 bits per heavy atom. The Hall–Kier alpha value is -1.06. The highest BCUT2D eigenvalue weighted by atomic mass is 16.5. The smallest absolute Gasteiger partial charge is 0.305 e. The molecule has 4 heteroatoms. The lowest BCUT2D eigenvalue weighted by Gasteiger charge is -2.06. The monoisotopic (exact) mass is 553 g/mol. The summed E-state index contributed by atoms with van der Waals surface area (Å²) in [6, 6.07) is 0. The zero-order valence-electron chi connectivity index (χ0n) is 26.3. The van der Waals surface area contributed by atoms with Crippen LogP contribution in [0.25, 0.3) is 0 Å². The Morgan fingerprint density at radius 2 is 0.692 bits per heavy atom. The molecule has 0 saturated carbocycles. The van der Waals surface area contributed by atoms with Gasteiger partial charge >= 0.3 is 11.9 Å². The van der Waals surface area contributed by atoms with Crippen molar-refractivity contribution in [3.8, 4) is 0 Å². The fourth-order valence-electron chi connectivity index (χ4n) is 5.40. The molecule has 0 unspecified atom stereocenters. The van der Waals surface area contributed by atoms with Gasteiger partial charge in [0.05, 0.1) is 6.61 Å². The number of carboxylic acid groups (broad SMARTS) is 1. The summed E-state index contributed by atoms with van der Waals surface area (Å²) in [5.41, 5.74) is 0. The van der Waals surface area contributed by atoms with Crippen LogP contribution in [-0.2, 0) is 14.3 Å². The average molecular weight is 553 g/mol. The molecule has 0 spiro atoms. The summed E-state index contributed by atoms with van der Waals surface area (Å²) < 4.78 is 5.42. The summed E-state index contributed by atoms with van der Waals surface area (Å²) in [6.07, 6.45) is 38.2. The van der Waals surface area contributed by atoms with Crippen LogP contribution in [0.15, 0.2) is 0 Å². The number of hydrogen-bond donors (Lipinski definition) is 1. The number of rotatable bonds is 33. The van der Waals surface area contributed by atoms with Crippen LogP contribution in [0.5, 0.6) is 0 Å². The van der Waals surface area contributed by atoms with E-state index in [-0.39, 0.29) is 5.97 Å². The van der Waals surface area contributed by atoms with Gasteiger partial charge in [-0.2, -0.15) is 0 Å². The minimum Gasteiger partial charge on any atom is -0.481 e. The first kappa shape index (κ1) is 37.9. The van der Waals surface area contributed by atoms with Gasteiger partial charge in [0.2, 0.25) is 0 Å². The molecular formula is C35H68O4. The third kappa shape index (κ3) is 34.9. The van der Waals surface area contributed by atoms with Crippen molar-refractivity contribution in [2.24, 2.45) is 0 Å². The molecule has 4 nitrogen and oxygen atoms in total. The van der Waals surface area contributed by atoms with Gasteiger partial charge in [-0.3, -0.25) is 9.59 Å². The zero-order chi connectivity index (χ0) is 28.5. The fraction of sp³-hybridized carbons (Fsp3) is 0.943. The Labute approximate surface area is 243 Å². The van der Waals surface area contributed by atoms with E-state index in [0.29, 0.717) is 19.4 Å². The minimum absolute atomic E-state index is 0.00816. The highest BCUT2D eigenvalue weighted by molar-refractivity contribution is 5.69. The predicted octanol–water partition coefficient (Wildman–Crippen LogP) is 11.7. The van der Waals surface area contributed by atoms with Crippen molar-refractivity contribution < 1.29 is 19.4 Å². The number of ether oxygens (including phenoxy) is 1. The SMILES string of the molecule is CCCCCCCCCCCCCCCC(=O)OCCCCCCCCCCCCCCCCCCC(=O)O. The van der Waals surface area contributed by atoms with Crippen LogP contribution >= 0.6 is 0 Å². The summed E-state index contributed by atoms with van der Waals surface area (Å²) in [5, 5.41) is 8.62. The quantitative estimate of drug-likeness (QED) is 0.0649. The van der Waals surface area contributed by atoms with Gasteiger partial charge in [0.25, 0.3) is 0 Å². The van der Waals surface area contributed by atoms with Crippen LogP contribution < -0.4 is 0 Å². The Bertz CT molecular complexity index is 505. The van der Waals surface area contributed by atoms with Crippen LogP contribution in [0, 0.1) is 0 Å². The summed E-state index contributed by atoms with van der Waals surface area (Å²) in [7, 11) is 0. The molecule has 232 valence electrons. The molecule has 39 heavy (non-hydrogen) atoms. The predicted molar refractivity (Wildman–Crippen MR) is 167 cm³/mol. The molecule has 0 amide bonds. The molecule has 1 N–H and O–H groups in total. The fourth-order valence-corrected chi connectivity index (χ4v) is 5.40. The van der Waals surface area contributed by atoms with Gasteiger partial charge in [-0.1, -0.05) is 174 Å². The van der Waals surface area contributed by atoms with Crippen molar-refractivity contribution >= 4 is 11.9 Å². The number of unbranched alkanes of at least 4 members (excludes halogenated alkanes) is 27. The van der Waals surface area contributed by atoms with Crippen molar-refractivity contribution in [3.63, 3.8) is 0 Å². The van der Waals surface area contributed by atoms with Crippen LogP contribution in [0.3, 0.4) is 0 Å². The van der Waals surface area contributed by atoms with Crippen molar-refractivity contribution in [1.82, 2.24) is 0 Å². The van der Waals surface area contributed by atoms with E-state index in [4.69, 9.17) is 9.84 Å². The van der Waals surface area contributed by atoms with Crippen molar-refractivity contribution in [3.05, 3.63) is 0 Å². The van der Waals surface area contributed by atoms with Crippen molar-refractivity contribution in [2.45, 2.75) is 206 Å². The van der Waals surface area contributed by atoms with E-state index in [0.717, 1.165) is 25.7 Å². The first-order valence-corrected chi connectivity index (χ1v) is 17.5. The van der Waals surface area contributed by atoms with Crippen LogP contribution in [-0.4, -0.2) is 23.7 Å². The van der Waals surface area contributed by atoms with Gasteiger partial charge in [0, 0.05) is 12.8 Å². The lowest BCUT2D eigenvalue weighted by molar-refractivity contribution is -0.144. The maximum Gasteiger partial charge on any atom is 0.305 e. The standard InChI is InChI=1S/C35H68O4/c1-2-3-4-5-6-7-8-13-17-20-23-26-29-32-35(38)39-33-30-27-24-21-18-15-12-10-9-11-14-16-19-22-25-28-31-34(36)37/h2-33H2,1H3,(H,36,37). The number of hydrogen-bond acceptors (Lipinski definition) is 3. The van der Waals surface area contributed by atoms with Gasteiger partial charge in [0.1, 0.15) is 0 Å². The second-order valence-corrected chi connectivity index (χ2v) is 12.0. The molecule has 0 aromatic rings. The number of aliphatic carboxylic acids is 1. The van der Waals surface area contributed by atoms with Gasteiger partial charge in [0.15, 0.2) is 0 Å². The molecular weight excluding hydrogens is 484 g/mol. The number of esters is 1. The molecule has 0 aliphatic carbocycles. The normalized spacial score (nSPS) is 11.2. The second-order valence-electron chi connectivity index (χ2n) is 12.0. The maximum atomic E-state index is 11.9. The largest absolute Gasteiger partial charge is 0.481 e. The summed E-state index contributed by atoms with van der Waals surface area (Å²) in [5.74, 6) is -0.656. The second kappa shape index (κ2) is 33.1. The molecule has 0 atom stereocenters. The van der Waals surface area contributed by atoms with Gasteiger partial charge in [-0.05, 0) is 19.3 Å². The molecule has 0 heterocycles. The maximum absolute atomic E-state index is 11.9. The third-order valence-corrected chi connectivity index (χ3v) is 8.03.